The Kier molecular flexibility index (Phi) is 5.63. The summed E-state index contributed by atoms with van der Waals surface area (Å²) in [5.74, 6) is 0. The average Bonchev–Trinajstić information content (AvgIpc) is 3.99. The molecule has 3 aromatic heterocycles. The minimum Gasteiger partial charge on any atom is -0.454 e. The van der Waals surface area contributed by atoms with Crippen LogP contribution in [0.5, 0.6) is 0 Å². The van der Waals surface area contributed by atoms with Crippen LogP contribution in [-0.4, -0.2) is 9.13 Å². The summed E-state index contributed by atoms with van der Waals surface area (Å²) in [4.78, 5) is 0. The summed E-state index contributed by atoms with van der Waals surface area (Å²) in [6, 6.07) is 66.3. The summed E-state index contributed by atoms with van der Waals surface area (Å²) in [6.07, 6.45) is 0. The molecule has 1 aliphatic carbocycles. The van der Waals surface area contributed by atoms with Crippen LogP contribution in [-0.2, 0) is 0 Å². The van der Waals surface area contributed by atoms with Crippen molar-refractivity contribution in [2.75, 3.05) is 0 Å². The minimum absolute atomic E-state index is 0.893. The van der Waals surface area contributed by atoms with E-state index in [9.17, 15) is 0 Å². The number of hydrogen-bond acceptors (Lipinski definition) is 1. The maximum absolute atomic E-state index is 6.96. The highest BCUT2D eigenvalue weighted by molar-refractivity contribution is 6.39. The predicted molar refractivity (Wildman–Crippen MR) is 230 cm³/mol. The second-order valence-corrected chi connectivity index (χ2v) is 14.8. The Labute approximate surface area is 315 Å². The monoisotopic (exact) mass is 698 g/mol. The third-order valence-corrected chi connectivity index (χ3v) is 12.0. The molecule has 13 rings (SSSR count). The van der Waals surface area contributed by atoms with Gasteiger partial charge in [0.15, 0.2) is 5.58 Å². The lowest BCUT2D eigenvalue weighted by Gasteiger charge is -2.14. The summed E-state index contributed by atoms with van der Waals surface area (Å²) >= 11 is 0. The number of fused-ring (bicyclic) bond motifs is 15. The van der Waals surface area contributed by atoms with Crippen LogP contribution in [0.25, 0.3) is 121 Å². The van der Waals surface area contributed by atoms with Gasteiger partial charge >= 0.3 is 0 Å². The summed E-state index contributed by atoms with van der Waals surface area (Å²) < 4.78 is 11.9. The van der Waals surface area contributed by atoms with Gasteiger partial charge in [-0.15, -0.1) is 0 Å². The van der Waals surface area contributed by atoms with Crippen LogP contribution in [0.3, 0.4) is 0 Å². The fraction of sp³-hybridized carbons (Fsp3) is 0. The maximum atomic E-state index is 6.96. The molecule has 0 saturated carbocycles. The second-order valence-electron chi connectivity index (χ2n) is 14.8. The highest BCUT2D eigenvalue weighted by atomic mass is 16.3. The summed E-state index contributed by atoms with van der Waals surface area (Å²) in [6.45, 7) is 0. The number of aromatic nitrogens is 2. The first kappa shape index (κ1) is 29.1. The third-order valence-electron chi connectivity index (χ3n) is 12.0. The van der Waals surface area contributed by atoms with Gasteiger partial charge in [-0.1, -0.05) is 140 Å². The Morgan fingerprint density at radius 2 is 0.891 bits per heavy atom. The number of hydrogen-bond donors (Lipinski definition) is 0. The van der Waals surface area contributed by atoms with E-state index in [4.69, 9.17) is 4.42 Å². The molecule has 0 spiro atoms. The van der Waals surface area contributed by atoms with Crippen molar-refractivity contribution in [3.05, 3.63) is 182 Å². The van der Waals surface area contributed by atoms with Crippen LogP contribution in [0.1, 0.15) is 0 Å². The van der Waals surface area contributed by atoms with Crippen molar-refractivity contribution >= 4 is 76.3 Å². The van der Waals surface area contributed by atoms with Crippen LogP contribution in [0.15, 0.2) is 186 Å². The van der Waals surface area contributed by atoms with Crippen molar-refractivity contribution in [2.45, 2.75) is 0 Å². The van der Waals surface area contributed by atoms with Gasteiger partial charge in [-0.25, -0.2) is 0 Å². The zero-order chi connectivity index (χ0) is 35.8. The van der Waals surface area contributed by atoms with E-state index in [0.29, 0.717) is 0 Å². The van der Waals surface area contributed by atoms with Crippen LogP contribution < -0.4 is 0 Å². The van der Waals surface area contributed by atoms with Gasteiger partial charge in [0.2, 0.25) is 0 Å². The van der Waals surface area contributed by atoms with Gasteiger partial charge in [0.05, 0.1) is 22.1 Å². The smallest absolute Gasteiger partial charge is 0.160 e. The third kappa shape index (κ3) is 3.74. The summed E-state index contributed by atoms with van der Waals surface area (Å²) in [7, 11) is 0. The Bertz CT molecular complexity index is 3570. The Morgan fingerprint density at radius 3 is 1.69 bits per heavy atom. The first-order valence-electron chi connectivity index (χ1n) is 18.9. The first-order chi connectivity index (χ1) is 27.3. The van der Waals surface area contributed by atoms with E-state index in [1.54, 1.807) is 0 Å². The van der Waals surface area contributed by atoms with Gasteiger partial charge in [0, 0.05) is 43.7 Å². The molecule has 12 aromatic rings. The van der Waals surface area contributed by atoms with E-state index in [1.807, 2.05) is 0 Å². The van der Waals surface area contributed by atoms with E-state index in [0.717, 1.165) is 44.3 Å². The molecule has 0 amide bonds. The molecule has 0 saturated heterocycles. The van der Waals surface area contributed by atoms with Gasteiger partial charge in [-0.2, -0.15) is 0 Å². The van der Waals surface area contributed by atoms with Crippen molar-refractivity contribution in [3.8, 4) is 44.8 Å². The summed E-state index contributed by atoms with van der Waals surface area (Å²) in [5, 5.41) is 9.70. The fourth-order valence-electron chi connectivity index (χ4n) is 9.87. The van der Waals surface area contributed by atoms with E-state index in [1.165, 1.54) is 76.7 Å². The number of nitrogens with zero attached hydrogens (tertiary/aromatic N) is 2. The van der Waals surface area contributed by atoms with Gasteiger partial charge in [0.1, 0.15) is 5.58 Å². The quantitative estimate of drug-likeness (QED) is 0.180. The molecule has 1 aliphatic rings. The second kappa shape index (κ2) is 10.6. The van der Waals surface area contributed by atoms with Crippen LogP contribution in [0, 0.1) is 0 Å². The van der Waals surface area contributed by atoms with Crippen LogP contribution in [0.2, 0.25) is 0 Å². The molecule has 0 bridgehead atoms. The Morgan fingerprint density at radius 1 is 0.327 bits per heavy atom. The largest absolute Gasteiger partial charge is 0.454 e. The highest BCUT2D eigenvalue weighted by Crippen LogP contribution is 2.51. The SMILES string of the molecule is c1ccc(-n2c3ccccc3c3c2c2oc4ccccc4c2c2c4ccccc4n(-c4cccc(-c5ccc6c7c(cccc57)-c5ccccc5-6)c4)c23)cc1. The molecule has 3 nitrogen and oxygen atoms in total. The molecular formula is C52H30N2O. The molecule has 0 atom stereocenters. The zero-order valence-corrected chi connectivity index (χ0v) is 29.6. The van der Waals surface area contributed by atoms with Crippen LogP contribution in [0.4, 0.5) is 0 Å². The first-order valence-corrected chi connectivity index (χ1v) is 18.9. The van der Waals surface area contributed by atoms with E-state index in [-0.39, 0.29) is 0 Å². The van der Waals surface area contributed by atoms with Crippen molar-refractivity contribution in [1.82, 2.24) is 9.13 Å². The van der Waals surface area contributed by atoms with E-state index < -0.39 is 0 Å². The van der Waals surface area contributed by atoms with Gasteiger partial charge in [0.25, 0.3) is 0 Å². The molecule has 0 fully saturated rings. The van der Waals surface area contributed by atoms with Crippen molar-refractivity contribution in [1.29, 1.82) is 0 Å². The average molecular weight is 699 g/mol. The zero-order valence-electron chi connectivity index (χ0n) is 29.6. The van der Waals surface area contributed by atoms with Crippen molar-refractivity contribution in [2.24, 2.45) is 0 Å². The molecule has 0 radical (unpaired) electrons. The minimum atomic E-state index is 0.893. The standard InChI is InChI=1S/C52H30N2O/c1-2-15-32(16-3-1)53-44-26-10-7-21-41(44)49-50-47(48-42-22-8-11-27-45(42)55-52(48)51(49)53)40-20-6-9-25-43(40)54(50)33-17-12-14-31(30-33)34-28-29-39-36-19-5-4-18-35(36)38-24-13-23-37(34)46(38)39/h1-30H. The topological polar surface area (TPSA) is 23.0 Å². The van der Waals surface area contributed by atoms with Crippen molar-refractivity contribution < 1.29 is 4.42 Å². The fourth-order valence-corrected chi connectivity index (χ4v) is 9.87. The molecule has 0 unspecified atom stereocenters. The lowest BCUT2D eigenvalue weighted by Crippen LogP contribution is -1.96. The number of rotatable bonds is 3. The molecule has 0 aliphatic heterocycles. The van der Waals surface area contributed by atoms with E-state index in [2.05, 4.69) is 191 Å². The van der Waals surface area contributed by atoms with Crippen molar-refractivity contribution in [3.63, 3.8) is 0 Å². The molecule has 3 heterocycles. The molecule has 3 heteroatoms. The normalized spacial score (nSPS) is 12.4. The maximum Gasteiger partial charge on any atom is 0.160 e. The Balaban J connectivity index is 1.19. The summed E-state index contributed by atoms with van der Waals surface area (Å²) in [5.41, 5.74) is 16.3. The highest BCUT2D eigenvalue weighted by Gasteiger charge is 2.28. The molecule has 0 N–H and O–H groups in total. The number of furan rings is 1. The number of para-hydroxylation sites is 4. The molecule has 55 heavy (non-hydrogen) atoms. The molecule has 9 aromatic carbocycles. The van der Waals surface area contributed by atoms with E-state index >= 15 is 0 Å². The predicted octanol–water partition coefficient (Wildman–Crippen LogP) is 14.2. The lowest BCUT2D eigenvalue weighted by atomic mass is 9.94. The lowest BCUT2D eigenvalue weighted by molar-refractivity contribution is 0.671. The van der Waals surface area contributed by atoms with Gasteiger partial charge < -0.3 is 13.6 Å². The van der Waals surface area contributed by atoms with Gasteiger partial charge in [-0.05, 0) is 86.6 Å². The van der Waals surface area contributed by atoms with Crippen LogP contribution >= 0.6 is 0 Å². The molecule has 254 valence electrons. The number of benzene rings is 9. The van der Waals surface area contributed by atoms with Gasteiger partial charge in [-0.3, -0.25) is 0 Å². The Hall–Kier alpha value is -7.36. The molecular weight excluding hydrogens is 669 g/mol.